The second-order valence-corrected chi connectivity index (χ2v) is 4.45. The molecule has 102 valence electrons. The third kappa shape index (κ3) is 3.86. The van der Waals surface area contributed by atoms with E-state index in [1.807, 2.05) is 12.1 Å². The van der Waals surface area contributed by atoms with Crippen LogP contribution >= 0.6 is 0 Å². The highest BCUT2D eigenvalue weighted by Crippen LogP contribution is 2.29. The molecule has 0 heterocycles. The molecule has 1 nitrogen and oxygen atoms in total. The minimum atomic E-state index is -0.245. The zero-order valence-electron chi connectivity index (χ0n) is 11.1. The fraction of sp³-hybridized carbons (Fsp3) is 0.250. The van der Waals surface area contributed by atoms with Crippen molar-refractivity contribution in [2.75, 3.05) is 0 Å². The van der Waals surface area contributed by atoms with Crippen molar-refractivity contribution in [1.82, 2.24) is 6.15 Å². The summed E-state index contributed by atoms with van der Waals surface area (Å²) < 4.78 is 26.6. The van der Waals surface area contributed by atoms with Crippen molar-refractivity contribution in [3.05, 3.63) is 71.3 Å². The monoisotopic (exact) mass is 263 g/mol. The molecule has 0 aliphatic carbocycles. The number of rotatable bonds is 4. The summed E-state index contributed by atoms with van der Waals surface area (Å²) in [5, 5.41) is 0. The van der Waals surface area contributed by atoms with E-state index in [1.54, 1.807) is 12.1 Å². The van der Waals surface area contributed by atoms with Gasteiger partial charge in [0.2, 0.25) is 0 Å². The summed E-state index contributed by atoms with van der Waals surface area (Å²) in [5.41, 5.74) is 1.81. The van der Waals surface area contributed by atoms with Gasteiger partial charge in [0.25, 0.3) is 0 Å². The van der Waals surface area contributed by atoms with Gasteiger partial charge in [0.15, 0.2) is 0 Å². The molecular formula is C16H19F2N. The minimum Gasteiger partial charge on any atom is -0.344 e. The molecule has 0 radical (unpaired) electrons. The Hall–Kier alpha value is -1.74. The molecule has 2 aromatic rings. The number of hydrogen-bond acceptors (Lipinski definition) is 1. The van der Waals surface area contributed by atoms with Crippen molar-refractivity contribution in [1.29, 1.82) is 0 Å². The summed E-state index contributed by atoms with van der Waals surface area (Å²) in [4.78, 5) is 0. The van der Waals surface area contributed by atoms with E-state index in [9.17, 15) is 8.78 Å². The van der Waals surface area contributed by atoms with Crippen LogP contribution in [0, 0.1) is 11.6 Å². The standard InChI is InChI=1S/C16H16F2.H3N/c1-2-5-16(12-6-3-8-14(17)10-12)13-7-4-9-15(18)11-13;/h3-4,6-11,16H,2,5H2,1H3;1H3. The van der Waals surface area contributed by atoms with Gasteiger partial charge in [-0.25, -0.2) is 8.78 Å². The van der Waals surface area contributed by atoms with Crippen molar-refractivity contribution in [3.8, 4) is 0 Å². The topological polar surface area (TPSA) is 35.0 Å². The largest absolute Gasteiger partial charge is 0.344 e. The lowest BCUT2D eigenvalue weighted by Gasteiger charge is -2.17. The molecule has 0 bridgehead atoms. The van der Waals surface area contributed by atoms with Crippen LogP contribution in [0.4, 0.5) is 8.78 Å². The molecule has 3 heteroatoms. The summed E-state index contributed by atoms with van der Waals surface area (Å²) in [6.45, 7) is 2.07. The number of halogens is 2. The van der Waals surface area contributed by atoms with Crippen LogP contribution in [-0.4, -0.2) is 0 Å². The van der Waals surface area contributed by atoms with Gasteiger partial charge in [0.1, 0.15) is 11.6 Å². The Balaban J connectivity index is 0.00000180. The lowest BCUT2D eigenvalue weighted by atomic mass is 9.87. The lowest BCUT2D eigenvalue weighted by Crippen LogP contribution is -2.01. The Bertz CT molecular complexity index is 480. The molecule has 19 heavy (non-hydrogen) atoms. The van der Waals surface area contributed by atoms with Crippen LogP contribution in [0.25, 0.3) is 0 Å². The van der Waals surface area contributed by atoms with Crippen molar-refractivity contribution < 1.29 is 8.78 Å². The van der Waals surface area contributed by atoms with Gasteiger partial charge in [-0.05, 0) is 41.8 Å². The Morgan fingerprint density at radius 1 is 0.895 bits per heavy atom. The summed E-state index contributed by atoms with van der Waals surface area (Å²) in [5.74, 6) is -0.434. The average Bonchev–Trinajstić information content (AvgIpc) is 2.36. The van der Waals surface area contributed by atoms with Gasteiger partial charge < -0.3 is 6.15 Å². The molecule has 0 spiro atoms. The van der Waals surface area contributed by atoms with E-state index in [0.29, 0.717) is 0 Å². The first kappa shape index (κ1) is 15.3. The van der Waals surface area contributed by atoms with Gasteiger partial charge in [-0.3, -0.25) is 0 Å². The van der Waals surface area contributed by atoms with Crippen LogP contribution in [0.2, 0.25) is 0 Å². The fourth-order valence-electron chi connectivity index (χ4n) is 2.26. The van der Waals surface area contributed by atoms with E-state index in [2.05, 4.69) is 6.92 Å². The molecule has 2 aromatic carbocycles. The first-order chi connectivity index (χ1) is 8.70. The summed E-state index contributed by atoms with van der Waals surface area (Å²) in [6, 6.07) is 13.1. The van der Waals surface area contributed by atoms with Crippen molar-refractivity contribution in [2.24, 2.45) is 0 Å². The maximum Gasteiger partial charge on any atom is 0.123 e. The van der Waals surface area contributed by atoms with Crippen LogP contribution in [-0.2, 0) is 0 Å². The quantitative estimate of drug-likeness (QED) is 0.822. The summed E-state index contributed by atoms with van der Waals surface area (Å²) >= 11 is 0. The lowest BCUT2D eigenvalue weighted by molar-refractivity contribution is 0.611. The predicted octanol–water partition coefficient (Wildman–Crippen LogP) is 5.06. The van der Waals surface area contributed by atoms with E-state index in [-0.39, 0.29) is 23.7 Å². The van der Waals surface area contributed by atoms with Crippen LogP contribution in [0.5, 0.6) is 0 Å². The van der Waals surface area contributed by atoms with E-state index in [1.165, 1.54) is 24.3 Å². The van der Waals surface area contributed by atoms with Crippen LogP contribution in [0.1, 0.15) is 36.8 Å². The average molecular weight is 263 g/mol. The summed E-state index contributed by atoms with van der Waals surface area (Å²) in [7, 11) is 0. The Morgan fingerprint density at radius 2 is 1.37 bits per heavy atom. The maximum absolute atomic E-state index is 13.3. The van der Waals surface area contributed by atoms with Gasteiger partial charge >= 0.3 is 0 Å². The summed E-state index contributed by atoms with van der Waals surface area (Å²) in [6.07, 6.45) is 1.85. The minimum absolute atomic E-state index is 0. The molecule has 0 saturated heterocycles. The first-order valence-electron chi connectivity index (χ1n) is 6.21. The molecule has 0 fully saturated rings. The molecule has 0 aromatic heterocycles. The second-order valence-electron chi connectivity index (χ2n) is 4.45. The fourth-order valence-corrected chi connectivity index (χ4v) is 2.26. The highest BCUT2D eigenvalue weighted by Gasteiger charge is 2.14. The van der Waals surface area contributed by atoms with Crippen molar-refractivity contribution in [2.45, 2.75) is 25.7 Å². The van der Waals surface area contributed by atoms with Gasteiger partial charge in [0.05, 0.1) is 0 Å². The SMILES string of the molecule is CCCC(c1cccc(F)c1)c1cccc(F)c1.N. The third-order valence-electron chi connectivity index (χ3n) is 3.08. The van der Waals surface area contributed by atoms with E-state index in [4.69, 9.17) is 0 Å². The predicted molar refractivity (Wildman–Crippen MR) is 74.6 cm³/mol. The van der Waals surface area contributed by atoms with E-state index < -0.39 is 0 Å². The second kappa shape index (κ2) is 7.00. The number of hydrogen-bond donors (Lipinski definition) is 1. The molecule has 0 aliphatic rings. The van der Waals surface area contributed by atoms with Gasteiger partial charge in [-0.15, -0.1) is 0 Å². The van der Waals surface area contributed by atoms with Gasteiger partial charge in [-0.1, -0.05) is 37.6 Å². The molecule has 0 amide bonds. The number of benzene rings is 2. The Labute approximate surface area is 112 Å². The Kier molecular flexibility index (Phi) is 5.64. The van der Waals surface area contributed by atoms with Gasteiger partial charge in [0, 0.05) is 5.92 Å². The van der Waals surface area contributed by atoms with Crippen molar-refractivity contribution >= 4 is 0 Å². The first-order valence-corrected chi connectivity index (χ1v) is 6.21. The zero-order chi connectivity index (χ0) is 13.0. The zero-order valence-corrected chi connectivity index (χ0v) is 11.1. The smallest absolute Gasteiger partial charge is 0.123 e. The maximum atomic E-state index is 13.3. The molecular weight excluding hydrogens is 244 g/mol. The van der Waals surface area contributed by atoms with Crippen LogP contribution < -0.4 is 6.15 Å². The van der Waals surface area contributed by atoms with Gasteiger partial charge in [-0.2, -0.15) is 0 Å². The van der Waals surface area contributed by atoms with E-state index >= 15 is 0 Å². The van der Waals surface area contributed by atoms with Crippen LogP contribution in [0.3, 0.4) is 0 Å². The Morgan fingerprint density at radius 3 is 1.74 bits per heavy atom. The normalized spacial score (nSPS) is 10.3. The highest BCUT2D eigenvalue weighted by atomic mass is 19.1. The molecule has 0 unspecified atom stereocenters. The van der Waals surface area contributed by atoms with E-state index in [0.717, 1.165) is 24.0 Å². The molecule has 0 atom stereocenters. The third-order valence-corrected chi connectivity index (χ3v) is 3.08. The molecule has 0 aliphatic heterocycles. The van der Waals surface area contributed by atoms with Crippen LogP contribution in [0.15, 0.2) is 48.5 Å². The molecule has 2 rings (SSSR count). The molecule has 0 saturated carbocycles. The van der Waals surface area contributed by atoms with Crippen molar-refractivity contribution in [3.63, 3.8) is 0 Å². The highest BCUT2D eigenvalue weighted by molar-refractivity contribution is 5.32. The molecule has 3 N–H and O–H groups in total.